The fraction of sp³-hybridized carbons (Fsp3) is 0.176. The van der Waals surface area contributed by atoms with Crippen LogP contribution in [0.4, 0.5) is 11.4 Å². The summed E-state index contributed by atoms with van der Waals surface area (Å²) < 4.78 is 0. The molecule has 2 rings (SSSR count). The molecule has 0 aliphatic heterocycles. The molecule has 2 N–H and O–H groups in total. The number of carbonyl (C=O) groups excluding carboxylic acids is 1. The number of nitrogens with zero attached hydrogens (tertiary/aromatic N) is 2. The van der Waals surface area contributed by atoms with Crippen LogP contribution in [0.1, 0.15) is 15.9 Å². The van der Waals surface area contributed by atoms with Crippen LogP contribution in [0.3, 0.4) is 0 Å². The molecule has 0 saturated heterocycles. The summed E-state index contributed by atoms with van der Waals surface area (Å²) in [6.07, 6.45) is 0. The third-order valence-electron chi connectivity index (χ3n) is 3.54. The summed E-state index contributed by atoms with van der Waals surface area (Å²) in [4.78, 5) is 23.6. The molecular weight excluding hydrogens is 340 g/mol. The zero-order valence-electron chi connectivity index (χ0n) is 13.9. The number of hydrogen-bond acceptors (Lipinski definition) is 4. The number of non-ortho nitro benzene ring substituents is 1. The maximum absolute atomic E-state index is 11.5. The number of benzene rings is 2. The smallest absolute Gasteiger partial charge is 0.269 e. The van der Waals surface area contributed by atoms with E-state index in [-0.39, 0.29) is 11.6 Å². The molecule has 0 radical (unpaired) electrons. The van der Waals surface area contributed by atoms with Gasteiger partial charge in [-0.3, -0.25) is 14.9 Å². The van der Waals surface area contributed by atoms with Crippen LogP contribution in [0.15, 0.2) is 48.5 Å². The molecule has 0 bridgehead atoms. The van der Waals surface area contributed by atoms with E-state index < -0.39 is 4.92 Å². The number of hydrogen-bond donors (Lipinski definition) is 2. The molecule has 0 aromatic heterocycles. The van der Waals surface area contributed by atoms with E-state index in [0.717, 1.165) is 5.56 Å². The number of amides is 1. The number of carbonyl (C=O) groups is 1. The van der Waals surface area contributed by atoms with Gasteiger partial charge in [-0.2, -0.15) is 0 Å². The predicted octanol–water partition coefficient (Wildman–Crippen LogP) is 2.78. The lowest BCUT2D eigenvalue weighted by Crippen LogP contribution is -2.30. The number of anilines is 1. The maximum Gasteiger partial charge on any atom is 0.269 e. The van der Waals surface area contributed by atoms with Crippen LogP contribution in [0.25, 0.3) is 0 Å². The third-order valence-corrected chi connectivity index (χ3v) is 3.95. The highest BCUT2D eigenvalue weighted by atomic mass is 32.1. The van der Waals surface area contributed by atoms with Gasteiger partial charge in [0.05, 0.1) is 4.92 Å². The topological polar surface area (TPSA) is 87.5 Å². The van der Waals surface area contributed by atoms with Gasteiger partial charge in [-0.15, -0.1) is 0 Å². The van der Waals surface area contributed by atoms with Gasteiger partial charge < -0.3 is 15.5 Å². The fourth-order valence-electron chi connectivity index (χ4n) is 2.14. The van der Waals surface area contributed by atoms with Crippen molar-refractivity contribution in [1.82, 2.24) is 10.2 Å². The lowest BCUT2D eigenvalue weighted by molar-refractivity contribution is -0.384. The largest absolute Gasteiger partial charge is 0.355 e. The Morgan fingerprint density at radius 3 is 2.28 bits per heavy atom. The Morgan fingerprint density at radius 2 is 1.76 bits per heavy atom. The molecule has 8 heteroatoms. The fourth-order valence-corrected chi connectivity index (χ4v) is 2.32. The first-order valence-electron chi connectivity index (χ1n) is 7.48. The van der Waals surface area contributed by atoms with Gasteiger partial charge in [0.25, 0.3) is 11.6 Å². The van der Waals surface area contributed by atoms with E-state index in [0.29, 0.717) is 22.9 Å². The molecule has 25 heavy (non-hydrogen) atoms. The predicted molar refractivity (Wildman–Crippen MR) is 101 cm³/mol. The molecule has 2 aromatic rings. The first-order valence-corrected chi connectivity index (χ1v) is 7.89. The minimum atomic E-state index is -0.448. The summed E-state index contributed by atoms with van der Waals surface area (Å²) in [5.41, 5.74) is 2.31. The Morgan fingerprint density at radius 1 is 1.16 bits per heavy atom. The molecule has 0 aliphatic carbocycles. The second kappa shape index (κ2) is 8.20. The highest BCUT2D eigenvalue weighted by molar-refractivity contribution is 7.80. The van der Waals surface area contributed by atoms with Crippen LogP contribution in [0.5, 0.6) is 0 Å². The quantitative estimate of drug-likeness (QED) is 0.485. The molecule has 0 fully saturated rings. The molecule has 130 valence electrons. The van der Waals surface area contributed by atoms with Crippen molar-refractivity contribution in [3.63, 3.8) is 0 Å². The van der Waals surface area contributed by atoms with Gasteiger partial charge in [0.1, 0.15) is 0 Å². The standard InChI is InChI=1S/C17H18N4O3S/c1-18-16(22)13-5-3-12(4-6-13)11-20(2)17(25)19-14-7-9-15(10-8-14)21(23)24/h3-10H,11H2,1-2H3,(H,18,22)(H,19,25). The summed E-state index contributed by atoms with van der Waals surface area (Å²) >= 11 is 5.35. The Bertz CT molecular complexity index is 775. The van der Waals surface area contributed by atoms with E-state index in [2.05, 4.69) is 10.6 Å². The SMILES string of the molecule is CNC(=O)c1ccc(CN(C)C(=S)Nc2ccc([N+](=O)[O-])cc2)cc1. The van der Waals surface area contributed by atoms with Gasteiger partial charge in [0.15, 0.2) is 5.11 Å². The minimum absolute atomic E-state index is 0.0287. The maximum atomic E-state index is 11.5. The van der Waals surface area contributed by atoms with Crippen LogP contribution in [-0.4, -0.2) is 34.9 Å². The highest BCUT2D eigenvalue weighted by Crippen LogP contribution is 2.16. The molecule has 7 nitrogen and oxygen atoms in total. The van der Waals surface area contributed by atoms with Crippen molar-refractivity contribution in [3.05, 3.63) is 69.8 Å². The van der Waals surface area contributed by atoms with E-state index in [4.69, 9.17) is 12.2 Å². The van der Waals surface area contributed by atoms with E-state index in [1.165, 1.54) is 12.1 Å². The lowest BCUT2D eigenvalue weighted by atomic mass is 10.1. The van der Waals surface area contributed by atoms with Crippen molar-refractivity contribution in [3.8, 4) is 0 Å². The van der Waals surface area contributed by atoms with Crippen molar-refractivity contribution in [2.45, 2.75) is 6.54 Å². The van der Waals surface area contributed by atoms with Crippen molar-refractivity contribution in [1.29, 1.82) is 0 Å². The van der Waals surface area contributed by atoms with Crippen LogP contribution >= 0.6 is 12.2 Å². The van der Waals surface area contributed by atoms with Gasteiger partial charge >= 0.3 is 0 Å². The summed E-state index contributed by atoms with van der Waals surface area (Å²) in [5.74, 6) is -0.129. The number of nitrogens with one attached hydrogen (secondary N) is 2. The monoisotopic (exact) mass is 358 g/mol. The second-order valence-electron chi connectivity index (χ2n) is 5.37. The van der Waals surface area contributed by atoms with E-state index in [1.54, 1.807) is 31.3 Å². The summed E-state index contributed by atoms with van der Waals surface area (Å²) in [7, 11) is 3.43. The Kier molecular flexibility index (Phi) is 6.02. The average Bonchev–Trinajstić information content (AvgIpc) is 2.62. The zero-order chi connectivity index (χ0) is 18.4. The van der Waals surface area contributed by atoms with Gasteiger partial charge in [-0.1, -0.05) is 12.1 Å². The lowest BCUT2D eigenvalue weighted by Gasteiger charge is -2.21. The molecule has 0 saturated carbocycles. The Hall–Kier alpha value is -3.00. The zero-order valence-corrected chi connectivity index (χ0v) is 14.7. The number of thiocarbonyl (C=S) groups is 1. The minimum Gasteiger partial charge on any atom is -0.355 e. The van der Waals surface area contributed by atoms with Crippen molar-refractivity contribution >= 4 is 34.6 Å². The van der Waals surface area contributed by atoms with Gasteiger partial charge in [0.2, 0.25) is 0 Å². The molecule has 1 amide bonds. The van der Waals surface area contributed by atoms with Crippen molar-refractivity contribution in [2.24, 2.45) is 0 Å². The third kappa shape index (κ3) is 4.98. The Labute approximate surface area is 150 Å². The second-order valence-corrected chi connectivity index (χ2v) is 5.75. The van der Waals surface area contributed by atoms with Gasteiger partial charge in [-0.25, -0.2) is 0 Å². The molecule has 0 aliphatic rings. The summed E-state index contributed by atoms with van der Waals surface area (Å²) in [6, 6.07) is 13.3. The highest BCUT2D eigenvalue weighted by Gasteiger charge is 2.09. The van der Waals surface area contributed by atoms with Crippen LogP contribution in [0.2, 0.25) is 0 Å². The normalized spacial score (nSPS) is 10.0. The molecule has 0 spiro atoms. The van der Waals surface area contributed by atoms with Crippen LogP contribution < -0.4 is 10.6 Å². The first kappa shape index (κ1) is 18.3. The number of rotatable bonds is 5. The van der Waals surface area contributed by atoms with Crippen molar-refractivity contribution in [2.75, 3.05) is 19.4 Å². The van der Waals surface area contributed by atoms with E-state index >= 15 is 0 Å². The average molecular weight is 358 g/mol. The van der Waals surface area contributed by atoms with Gasteiger partial charge in [-0.05, 0) is 42.0 Å². The van der Waals surface area contributed by atoms with E-state index in [1.807, 2.05) is 24.1 Å². The van der Waals surface area contributed by atoms with Crippen molar-refractivity contribution < 1.29 is 9.72 Å². The van der Waals surface area contributed by atoms with E-state index in [9.17, 15) is 14.9 Å². The van der Waals surface area contributed by atoms with Gasteiger partial charge in [0, 0.05) is 44.0 Å². The molecular formula is C17H18N4O3S. The Balaban J connectivity index is 1.95. The summed E-state index contributed by atoms with van der Waals surface area (Å²) in [6.45, 7) is 0.562. The molecule has 0 unspecified atom stereocenters. The van der Waals surface area contributed by atoms with Crippen LogP contribution in [-0.2, 0) is 6.54 Å². The molecule has 2 aromatic carbocycles. The van der Waals surface area contributed by atoms with Crippen LogP contribution in [0, 0.1) is 10.1 Å². The first-order chi connectivity index (χ1) is 11.9. The molecule has 0 heterocycles. The number of nitro groups is 1. The molecule has 0 atom stereocenters. The summed E-state index contributed by atoms with van der Waals surface area (Å²) in [5, 5.41) is 16.8. The number of nitro benzene ring substituents is 1.